The lowest BCUT2D eigenvalue weighted by molar-refractivity contribution is -0.128. The van der Waals surface area contributed by atoms with Gasteiger partial charge >= 0.3 is 6.03 Å². The van der Waals surface area contributed by atoms with Gasteiger partial charge in [-0.2, -0.15) is 0 Å². The van der Waals surface area contributed by atoms with E-state index in [9.17, 15) is 9.59 Å². The lowest BCUT2D eigenvalue weighted by Gasteiger charge is -2.31. The van der Waals surface area contributed by atoms with E-state index in [0.717, 1.165) is 23.1 Å². The molecule has 1 saturated heterocycles. The average Bonchev–Trinajstić information content (AvgIpc) is 2.80. The molecule has 1 aromatic carbocycles. The Morgan fingerprint density at radius 2 is 1.72 bits per heavy atom. The second-order valence-electron chi connectivity index (χ2n) is 7.26. The molecule has 0 aromatic heterocycles. The molecule has 1 aliphatic heterocycles. The van der Waals surface area contributed by atoms with E-state index in [1.165, 1.54) is 0 Å². The van der Waals surface area contributed by atoms with Crippen molar-refractivity contribution in [3.63, 3.8) is 0 Å². The summed E-state index contributed by atoms with van der Waals surface area (Å²) < 4.78 is 0. The van der Waals surface area contributed by atoms with E-state index in [4.69, 9.17) is 0 Å². The molecule has 0 radical (unpaired) electrons. The van der Waals surface area contributed by atoms with Crippen LogP contribution in [-0.4, -0.2) is 47.9 Å². The highest BCUT2D eigenvalue weighted by atomic mass is 16.2. The van der Waals surface area contributed by atoms with Gasteiger partial charge in [-0.1, -0.05) is 30.4 Å². The smallest absolute Gasteiger partial charge is 0.318 e. The molecule has 5 nitrogen and oxygen atoms in total. The molecule has 2 rings (SSSR count). The standard InChI is InChI=1S/C20H29N3O2/c1-15(2)17-8-6-9-18(14-17)20(4,5)21-19(25)23-11-7-10-22(12-13-23)16(3)24/h6,8-9,14H,1,7,10-13H2,2-5H3,(H,21,25). The maximum absolute atomic E-state index is 12.7. The Hall–Kier alpha value is -2.30. The summed E-state index contributed by atoms with van der Waals surface area (Å²) in [4.78, 5) is 27.9. The predicted molar refractivity (Wildman–Crippen MR) is 101 cm³/mol. The monoisotopic (exact) mass is 343 g/mol. The van der Waals surface area contributed by atoms with Gasteiger partial charge in [0.1, 0.15) is 0 Å². The Kier molecular flexibility index (Phi) is 5.88. The van der Waals surface area contributed by atoms with Gasteiger partial charge in [0, 0.05) is 33.1 Å². The number of urea groups is 1. The fourth-order valence-electron chi connectivity index (χ4n) is 3.03. The highest BCUT2D eigenvalue weighted by Crippen LogP contribution is 2.24. The third kappa shape index (κ3) is 4.84. The maximum Gasteiger partial charge on any atom is 0.318 e. The first kappa shape index (κ1) is 19.0. The van der Waals surface area contributed by atoms with Crippen LogP contribution in [0.5, 0.6) is 0 Å². The molecule has 0 atom stereocenters. The number of nitrogens with one attached hydrogen (secondary N) is 1. The van der Waals surface area contributed by atoms with Crippen LogP contribution in [0.4, 0.5) is 4.79 Å². The Balaban J connectivity index is 2.06. The zero-order chi connectivity index (χ0) is 18.6. The molecule has 1 aliphatic rings. The van der Waals surface area contributed by atoms with Crippen LogP contribution < -0.4 is 5.32 Å². The van der Waals surface area contributed by atoms with E-state index < -0.39 is 5.54 Å². The predicted octanol–water partition coefficient (Wildman–Crippen LogP) is 3.22. The minimum atomic E-state index is -0.491. The van der Waals surface area contributed by atoms with Crippen molar-refractivity contribution in [2.24, 2.45) is 0 Å². The Morgan fingerprint density at radius 3 is 2.36 bits per heavy atom. The number of carbonyl (C=O) groups is 2. The molecule has 136 valence electrons. The summed E-state index contributed by atoms with van der Waals surface area (Å²) in [6.45, 7) is 14.1. The Bertz CT molecular complexity index is 667. The summed E-state index contributed by atoms with van der Waals surface area (Å²) in [6, 6.07) is 8.02. The quantitative estimate of drug-likeness (QED) is 0.916. The number of rotatable bonds is 3. The van der Waals surface area contributed by atoms with E-state index in [-0.39, 0.29) is 11.9 Å². The van der Waals surface area contributed by atoms with Crippen molar-refractivity contribution in [3.05, 3.63) is 42.0 Å². The van der Waals surface area contributed by atoms with Crippen LogP contribution in [0.3, 0.4) is 0 Å². The molecular weight excluding hydrogens is 314 g/mol. The largest absolute Gasteiger partial charge is 0.341 e. The second-order valence-corrected chi connectivity index (χ2v) is 7.26. The number of benzene rings is 1. The molecule has 0 aliphatic carbocycles. The number of hydrogen-bond acceptors (Lipinski definition) is 2. The van der Waals surface area contributed by atoms with Gasteiger partial charge < -0.3 is 15.1 Å². The molecule has 0 bridgehead atoms. The molecule has 1 heterocycles. The summed E-state index contributed by atoms with van der Waals surface area (Å²) in [5.74, 6) is 0.0687. The van der Waals surface area contributed by atoms with Crippen molar-refractivity contribution in [2.45, 2.75) is 39.7 Å². The van der Waals surface area contributed by atoms with E-state index in [1.807, 2.05) is 39.0 Å². The summed E-state index contributed by atoms with van der Waals surface area (Å²) >= 11 is 0. The Labute approximate surface area is 150 Å². The van der Waals surface area contributed by atoms with Crippen molar-refractivity contribution in [3.8, 4) is 0 Å². The van der Waals surface area contributed by atoms with Crippen molar-refractivity contribution < 1.29 is 9.59 Å². The van der Waals surface area contributed by atoms with Crippen molar-refractivity contribution >= 4 is 17.5 Å². The van der Waals surface area contributed by atoms with Gasteiger partial charge in [0.05, 0.1) is 5.54 Å². The summed E-state index contributed by atoms with van der Waals surface area (Å²) in [7, 11) is 0. The third-order valence-corrected chi connectivity index (χ3v) is 4.72. The van der Waals surface area contributed by atoms with Crippen LogP contribution in [0.25, 0.3) is 5.57 Å². The molecule has 1 N–H and O–H groups in total. The van der Waals surface area contributed by atoms with Crippen LogP contribution in [0.1, 0.15) is 45.2 Å². The van der Waals surface area contributed by atoms with Gasteiger partial charge in [0.15, 0.2) is 0 Å². The van der Waals surface area contributed by atoms with Gasteiger partial charge in [-0.05, 0) is 44.4 Å². The topological polar surface area (TPSA) is 52.7 Å². The van der Waals surface area contributed by atoms with E-state index in [1.54, 1.807) is 16.7 Å². The number of carbonyl (C=O) groups excluding carboxylic acids is 2. The van der Waals surface area contributed by atoms with E-state index in [0.29, 0.717) is 26.2 Å². The fourth-order valence-corrected chi connectivity index (χ4v) is 3.03. The average molecular weight is 343 g/mol. The highest BCUT2D eigenvalue weighted by Gasteiger charge is 2.27. The normalized spacial score (nSPS) is 15.5. The van der Waals surface area contributed by atoms with E-state index >= 15 is 0 Å². The highest BCUT2D eigenvalue weighted by molar-refractivity contribution is 5.76. The summed E-state index contributed by atoms with van der Waals surface area (Å²) in [6.07, 6.45) is 0.804. The molecule has 0 saturated carbocycles. The molecule has 3 amide bonds. The Morgan fingerprint density at radius 1 is 1.08 bits per heavy atom. The van der Waals surface area contributed by atoms with Gasteiger partial charge in [-0.25, -0.2) is 4.79 Å². The molecule has 5 heteroatoms. The zero-order valence-electron chi connectivity index (χ0n) is 15.8. The maximum atomic E-state index is 12.7. The number of amides is 3. The summed E-state index contributed by atoms with van der Waals surface area (Å²) in [5.41, 5.74) is 2.63. The van der Waals surface area contributed by atoms with Crippen LogP contribution in [0.15, 0.2) is 30.8 Å². The van der Waals surface area contributed by atoms with Crippen molar-refractivity contribution in [2.75, 3.05) is 26.2 Å². The van der Waals surface area contributed by atoms with Crippen molar-refractivity contribution in [1.29, 1.82) is 0 Å². The lowest BCUT2D eigenvalue weighted by atomic mass is 9.92. The molecule has 1 fully saturated rings. The van der Waals surface area contributed by atoms with Crippen LogP contribution in [0.2, 0.25) is 0 Å². The SMILES string of the molecule is C=C(C)c1cccc(C(C)(C)NC(=O)N2CCCN(C(C)=O)CC2)c1. The fraction of sp³-hybridized carbons (Fsp3) is 0.500. The minimum absolute atomic E-state index is 0.0687. The lowest BCUT2D eigenvalue weighted by Crippen LogP contribution is -2.49. The molecular formula is C20H29N3O2. The van der Waals surface area contributed by atoms with Crippen LogP contribution in [0, 0.1) is 0 Å². The second kappa shape index (κ2) is 7.72. The van der Waals surface area contributed by atoms with E-state index in [2.05, 4.69) is 18.0 Å². The van der Waals surface area contributed by atoms with Gasteiger partial charge in [-0.15, -0.1) is 0 Å². The van der Waals surface area contributed by atoms with Crippen LogP contribution in [-0.2, 0) is 10.3 Å². The minimum Gasteiger partial charge on any atom is -0.341 e. The molecule has 25 heavy (non-hydrogen) atoms. The van der Waals surface area contributed by atoms with Gasteiger partial charge in [0.25, 0.3) is 0 Å². The molecule has 1 aromatic rings. The zero-order valence-corrected chi connectivity index (χ0v) is 15.8. The first-order valence-electron chi connectivity index (χ1n) is 8.80. The number of allylic oxidation sites excluding steroid dienone is 1. The summed E-state index contributed by atoms with van der Waals surface area (Å²) in [5, 5.41) is 3.13. The first-order valence-corrected chi connectivity index (χ1v) is 8.80. The number of nitrogens with zero attached hydrogens (tertiary/aromatic N) is 2. The molecule has 0 unspecified atom stereocenters. The van der Waals surface area contributed by atoms with Crippen LogP contribution >= 0.6 is 0 Å². The van der Waals surface area contributed by atoms with Crippen molar-refractivity contribution in [1.82, 2.24) is 15.1 Å². The first-order chi connectivity index (χ1) is 11.7. The van der Waals surface area contributed by atoms with Gasteiger partial charge in [-0.3, -0.25) is 4.79 Å². The molecule has 0 spiro atoms. The third-order valence-electron chi connectivity index (χ3n) is 4.72. The number of hydrogen-bond donors (Lipinski definition) is 1. The van der Waals surface area contributed by atoms with Gasteiger partial charge in [0.2, 0.25) is 5.91 Å².